The number of anilines is 1. The maximum absolute atomic E-state index is 12.3. The minimum absolute atomic E-state index is 0.131. The molecule has 8 heteroatoms. The predicted octanol–water partition coefficient (Wildman–Crippen LogP) is 2.97. The first-order chi connectivity index (χ1) is 11.1. The normalized spacial score (nSPS) is 12.9. The van der Waals surface area contributed by atoms with Crippen LogP contribution in [0.3, 0.4) is 0 Å². The average Bonchev–Trinajstić information content (AvgIpc) is 2.46. The topological polar surface area (TPSA) is 96.5 Å². The van der Waals surface area contributed by atoms with Crippen LogP contribution in [0.15, 0.2) is 28.7 Å². The van der Waals surface area contributed by atoms with Crippen LogP contribution < -0.4 is 16.1 Å². The van der Waals surface area contributed by atoms with Crippen LogP contribution in [-0.2, 0) is 14.4 Å². The molecule has 1 atom stereocenters. The summed E-state index contributed by atoms with van der Waals surface area (Å²) in [7, 11) is 0. The first kappa shape index (κ1) is 20.0. The fourth-order valence-electron chi connectivity index (χ4n) is 2.19. The van der Waals surface area contributed by atoms with Gasteiger partial charge in [0.1, 0.15) is 5.54 Å². The highest BCUT2D eigenvalue weighted by Crippen LogP contribution is 2.18. The van der Waals surface area contributed by atoms with Crippen molar-refractivity contribution in [2.45, 2.75) is 39.7 Å². The Bertz CT molecular complexity index is 604. The Morgan fingerprint density at radius 1 is 1.21 bits per heavy atom. The van der Waals surface area contributed by atoms with Gasteiger partial charge in [-0.2, -0.15) is 5.48 Å². The predicted molar refractivity (Wildman–Crippen MR) is 94.1 cm³/mol. The van der Waals surface area contributed by atoms with Gasteiger partial charge in [0, 0.05) is 17.1 Å². The highest BCUT2D eigenvalue weighted by atomic mass is 79.9. The maximum Gasteiger partial charge on any atom is 0.329 e. The summed E-state index contributed by atoms with van der Waals surface area (Å²) in [5, 5.41) is 5.31. The molecule has 0 aliphatic carbocycles. The first-order valence-corrected chi connectivity index (χ1v) is 8.24. The molecule has 0 aromatic heterocycles. The first-order valence-electron chi connectivity index (χ1n) is 7.45. The van der Waals surface area contributed by atoms with Crippen molar-refractivity contribution in [3.8, 4) is 0 Å². The lowest BCUT2D eigenvalue weighted by Crippen LogP contribution is -2.58. The monoisotopic (exact) mass is 399 g/mol. The minimum Gasteiger partial charge on any atom is -0.341 e. The molecule has 1 rings (SSSR count). The van der Waals surface area contributed by atoms with E-state index in [2.05, 4.69) is 36.9 Å². The number of carbonyl (C=O) groups excluding carboxylic acids is 3. The molecule has 0 saturated heterocycles. The molecule has 0 spiro atoms. The average molecular weight is 400 g/mol. The van der Waals surface area contributed by atoms with Gasteiger partial charge in [0.05, 0.1) is 0 Å². The van der Waals surface area contributed by atoms with Crippen molar-refractivity contribution >= 4 is 39.5 Å². The Morgan fingerprint density at radius 3 is 2.29 bits per heavy atom. The van der Waals surface area contributed by atoms with E-state index < -0.39 is 23.4 Å². The molecule has 24 heavy (non-hydrogen) atoms. The number of halogens is 1. The molecule has 0 bridgehead atoms. The lowest BCUT2D eigenvalue weighted by atomic mass is 9.90. The van der Waals surface area contributed by atoms with Crippen LogP contribution in [0.2, 0.25) is 0 Å². The molecule has 0 aliphatic heterocycles. The molecular formula is C16H22BrN3O4. The van der Waals surface area contributed by atoms with Crippen LogP contribution >= 0.6 is 15.9 Å². The molecular weight excluding hydrogens is 378 g/mol. The zero-order valence-electron chi connectivity index (χ0n) is 14.1. The fourth-order valence-corrected chi connectivity index (χ4v) is 2.46. The quantitative estimate of drug-likeness (QED) is 0.662. The van der Waals surface area contributed by atoms with Crippen molar-refractivity contribution in [3.63, 3.8) is 0 Å². The van der Waals surface area contributed by atoms with Gasteiger partial charge in [-0.15, -0.1) is 0 Å². The van der Waals surface area contributed by atoms with Crippen LogP contribution in [0, 0.1) is 5.92 Å². The SMILES string of the molecule is CC(=O)ONC(=O)C(C)(CC(C)C)NC(=O)Nc1ccc(Br)cc1. The van der Waals surface area contributed by atoms with Crippen molar-refractivity contribution < 1.29 is 19.2 Å². The molecule has 1 aromatic carbocycles. The summed E-state index contributed by atoms with van der Waals surface area (Å²) in [4.78, 5) is 39.9. The Labute approximate surface area is 149 Å². The molecule has 1 unspecified atom stereocenters. The summed E-state index contributed by atoms with van der Waals surface area (Å²) in [5.41, 5.74) is 1.42. The van der Waals surface area contributed by atoms with Crippen LogP contribution in [0.1, 0.15) is 34.1 Å². The molecule has 132 valence electrons. The Morgan fingerprint density at radius 2 is 1.79 bits per heavy atom. The molecule has 7 nitrogen and oxygen atoms in total. The van der Waals surface area contributed by atoms with Crippen molar-refractivity contribution in [1.82, 2.24) is 10.8 Å². The zero-order valence-corrected chi connectivity index (χ0v) is 15.7. The highest BCUT2D eigenvalue weighted by Gasteiger charge is 2.36. The molecule has 3 amide bonds. The van der Waals surface area contributed by atoms with Gasteiger partial charge in [0.25, 0.3) is 5.91 Å². The molecule has 0 radical (unpaired) electrons. The molecule has 1 aromatic rings. The summed E-state index contributed by atoms with van der Waals surface area (Å²) in [6.07, 6.45) is 0.369. The fraction of sp³-hybridized carbons (Fsp3) is 0.438. The van der Waals surface area contributed by atoms with E-state index in [9.17, 15) is 14.4 Å². The van der Waals surface area contributed by atoms with E-state index in [1.165, 1.54) is 6.92 Å². The second-order valence-corrected chi connectivity index (χ2v) is 6.96. The van der Waals surface area contributed by atoms with Crippen molar-refractivity contribution in [2.75, 3.05) is 5.32 Å². The maximum atomic E-state index is 12.3. The Balaban J connectivity index is 2.79. The Kier molecular flexibility index (Phi) is 7.21. The van der Waals surface area contributed by atoms with Gasteiger partial charge in [0.15, 0.2) is 0 Å². The van der Waals surface area contributed by atoms with E-state index in [0.717, 1.165) is 4.47 Å². The number of benzene rings is 1. The molecule has 3 N–H and O–H groups in total. The second kappa shape index (κ2) is 8.68. The number of urea groups is 1. The van der Waals surface area contributed by atoms with Crippen molar-refractivity contribution in [2.24, 2.45) is 5.92 Å². The van der Waals surface area contributed by atoms with Crippen LogP contribution in [0.25, 0.3) is 0 Å². The number of rotatable bonds is 5. The van der Waals surface area contributed by atoms with Gasteiger partial charge < -0.3 is 15.5 Å². The van der Waals surface area contributed by atoms with Crippen LogP contribution in [0.4, 0.5) is 10.5 Å². The lowest BCUT2D eigenvalue weighted by molar-refractivity contribution is -0.158. The van der Waals surface area contributed by atoms with E-state index >= 15 is 0 Å². The van der Waals surface area contributed by atoms with Gasteiger partial charge in [-0.3, -0.25) is 9.59 Å². The smallest absolute Gasteiger partial charge is 0.329 e. The summed E-state index contributed by atoms with van der Waals surface area (Å²) in [5.74, 6) is -1.11. The largest absolute Gasteiger partial charge is 0.341 e. The zero-order chi connectivity index (χ0) is 18.3. The van der Waals surface area contributed by atoms with Crippen molar-refractivity contribution in [3.05, 3.63) is 28.7 Å². The summed E-state index contributed by atoms with van der Waals surface area (Å²) < 4.78 is 0.888. The third kappa shape index (κ3) is 6.57. The Hall–Kier alpha value is -2.09. The van der Waals surface area contributed by atoms with Gasteiger partial charge in [0.2, 0.25) is 0 Å². The number of carbonyl (C=O) groups is 3. The number of hydrogen-bond acceptors (Lipinski definition) is 4. The third-order valence-electron chi connectivity index (χ3n) is 3.10. The van der Waals surface area contributed by atoms with E-state index in [1.54, 1.807) is 31.2 Å². The van der Waals surface area contributed by atoms with E-state index in [0.29, 0.717) is 12.1 Å². The molecule has 0 saturated carbocycles. The summed E-state index contributed by atoms with van der Waals surface area (Å²) in [6, 6.07) is 6.50. The van der Waals surface area contributed by atoms with Crippen molar-refractivity contribution in [1.29, 1.82) is 0 Å². The standard InChI is InChI=1S/C16H22BrN3O4/c1-10(2)9-16(4,14(22)20-24-11(3)21)19-15(23)18-13-7-5-12(17)6-8-13/h5-8,10H,9H2,1-4H3,(H,20,22)(H2,18,19,23). The summed E-state index contributed by atoms with van der Waals surface area (Å²) in [6.45, 7) is 6.60. The summed E-state index contributed by atoms with van der Waals surface area (Å²) >= 11 is 3.31. The highest BCUT2D eigenvalue weighted by molar-refractivity contribution is 9.10. The van der Waals surface area contributed by atoms with Crippen LogP contribution in [0.5, 0.6) is 0 Å². The molecule has 0 fully saturated rings. The van der Waals surface area contributed by atoms with Gasteiger partial charge in [-0.1, -0.05) is 29.8 Å². The van der Waals surface area contributed by atoms with E-state index in [1.807, 2.05) is 13.8 Å². The number of hydroxylamine groups is 1. The second-order valence-electron chi connectivity index (χ2n) is 6.04. The number of hydrogen-bond donors (Lipinski definition) is 3. The van der Waals surface area contributed by atoms with Gasteiger partial charge in [-0.05, 0) is 43.5 Å². The number of amides is 3. The third-order valence-corrected chi connectivity index (χ3v) is 3.63. The molecule has 0 heterocycles. The van der Waals surface area contributed by atoms with E-state index in [-0.39, 0.29) is 5.92 Å². The molecule has 0 aliphatic rings. The van der Waals surface area contributed by atoms with Gasteiger partial charge >= 0.3 is 12.0 Å². The van der Waals surface area contributed by atoms with Crippen LogP contribution in [-0.4, -0.2) is 23.4 Å². The lowest BCUT2D eigenvalue weighted by Gasteiger charge is -2.30. The number of nitrogens with one attached hydrogen (secondary N) is 3. The van der Waals surface area contributed by atoms with E-state index in [4.69, 9.17) is 0 Å². The van der Waals surface area contributed by atoms with Gasteiger partial charge in [-0.25, -0.2) is 4.79 Å². The minimum atomic E-state index is -1.23.